The highest BCUT2D eigenvalue weighted by Gasteiger charge is 2.41. The predicted octanol–water partition coefficient (Wildman–Crippen LogP) is 2.63. The summed E-state index contributed by atoms with van der Waals surface area (Å²) in [5.41, 5.74) is 9.35. The molecule has 6 heteroatoms. The van der Waals surface area contributed by atoms with Crippen LogP contribution in [0.25, 0.3) is 11.1 Å². The number of hydrogen-bond acceptors (Lipinski definition) is 4. The van der Waals surface area contributed by atoms with E-state index < -0.39 is 24.1 Å². The molecule has 0 saturated heterocycles. The maximum atomic E-state index is 12.5. The van der Waals surface area contributed by atoms with Gasteiger partial charge in [0.05, 0.1) is 13.2 Å². The molecule has 1 amide bonds. The normalized spacial score (nSPS) is 13.7. The molecule has 0 aliphatic heterocycles. The van der Waals surface area contributed by atoms with Gasteiger partial charge in [-0.15, -0.1) is 0 Å². The lowest BCUT2D eigenvalue weighted by molar-refractivity contribution is -0.143. The number of ether oxygens (including phenoxy) is 1. The Bertz CT molecular complexity index is 760. The molecule has 130 valence electrons. The molecule has 1 aliphatic rings. The number of carboxylic acid groups (broad SMARTS) is 1. The fraction of sp³-hybridized carbons (Fsp3) is 0.263. The maximum absolute atomic E-state index is 12.5. The average Bonchev–Trinajstić information content (AvgIpc) is 2.96. The molecule has 1 aliphatic carbocycles. The Morgan fingerprint density at radius 2 is 1.64 bits per heavy atom. The van der Waals surface area contributed by atoms with Crippen LogP contribution in [0.5, 0.6) is 0 Å². The van der Waals surface area contributed by atoms with Gasteiger partial charge in [0.1, 0.15) is 6.04 Å². The van der Waals surface area contributed by atoms with Gasteiger partial charge in [0.2, 0.25) is 0 Å². The third kappa shape index (κ3) is 2.85. The van der Waals surface area contributed by atoms with Crippen LogP contribution in [-0.2, 0) is 9.53 Å². The van der Waals surface area contributed by atoms with E-state index in [4.69, 9.17) is 10.5 Å². The first kappa shape index (κ1) is 17.0. The van der Waals surface area contributed by atoms with Gasteiger partial charge in [-0.25, -0.2) is 9.59 Å². The number of nitrogens with two attached hydrogens (primary N) is 1. The first-order valence-corrected chi connectivity index (χ1v) is 8.07. The SMILES string of the molecule is COC(=O)N(C1c2ccccc2-c2ccccc21)[C@@H](CCN)C(=O)O. The molecule has 2 aromatic rings. The molecule has 25 heavy (non-hydrogen) atoms. The number of carbonyl (C=O) groups excluding carboxylic acids is 1. The molecule has 2 aromatic carbocycles. The Kier molecular flexibility index (Phi) is 4.72. The number of aliphatic carboxylic acids is 1. The van der Waals surface area contributed by atoms with Gasteiger partial charge < -0.3 is 15.6 Å². The zero-order valence-electron chi connectivity index (χ0n) is 13.9. The molecule has 6 nitrogen and oxygen atoms in total. The molecule has 0 heterocycles. The minimum absolute atomic E-state index is 0.144. The van der Waals surface area contributed by atoms with E-state index in [1.165, 1.54) is 12.0 Å². The van der Waals surface area contributed by atoms with Crippen molar-refractivity contribution in [1.82, 2.24) is 4.90 Å². The van der Waals surface area contributed by atoms with E-state index in [0.717, 1.165) is 22.3 Å². The van der Waals surface area contributed by atoms with Crippen LogP contribution in [0, 0.1) is 0 Å². The molecule has 1 atom stereocenters. The summed E-state index contributed by atoms with van der Waals surface area (Å²) in [4.78, 5) is 25.7. The number of hydrogen-bond donors (Lipinski definition) is 2. The van der Waals surface area contributed by atoms with Gasteiger partial charge in [0.15, 0.2) is 0 Å². The number of rotatable bonds is 5. The standard InChI is InChI=1S/C19H20N2O4/c1-25-19(24)21(16(10-11-20)18(22)23)17-14-8-4-2-6-12(14)13-7-3-5-9-15(13)17/h2-9,16-17H,10-11,20H2,1H3,(H,22,23)/t16-/m0/s1. The molecule has 0 bridgehead atoms. The highest BCUT2D eigenvalue weighted by Crippen LogP contribution is 2.47. The third-order valence-electron chi connectivity index (χ3n) is 4.53. The van der Waals surface area contributed by atoms with E-state index in [0.29, 0.717) is 0 Å². The Balaban J connectivity index is 2.19. The lowest BCUT2D eigenvalue weighted by atomic mass is 10.0. The zero-order chi connectivity index (χ0) is 18.0. The molecular formula is C19H20N2O4. The molecule has 0 aromatic heterocycles. The van der Waals surface area contributed by atoms with Crippen LogP contribution in [0.4, 0.5) is 4.79 Å². The summed E-state index contributed by atoms with van der Waals surface area (Å²) in [7, 11) is 1.25. The first-order chi connectivity index (χ1) is 12.1. The second-order valence-corrected chi connectivity index (χ2v) is 5.89. The number of nitrogens with zero attached hydrogens (tertiary/aromatic N) is 1. The number of carbonyl (C=O) groups is 2. The van der Waals surface area contributed by atoms with Gasteiger partial charge in [-0.2, -0.15) is 0 Å². The number of fused-ring (bicyclic) bond motifs is 3. The second kappa shape index (κ2) is 6.94. The lowest BCUT2D eigenvalue weighted by Gasteiger charge is -2.34. The van der Waals surface area contributed by atoms with E-state index in [1.807, 2.05) is 48.5 Å². The Hall–Kier alpha value is -2.86. The van der Waals surface area contributed by atoms with Crippen LogP contribution in [-0.4, -0.2) is 41.8 Å². The van der Waals surface area contributed by atoms with Crippen molar-refractivity contribution in [2.24, 2.45) is 5.73 Å². The molecule has 0 fully saturated rings. The second-order valence-electron chi connectivity index (χ2n) is 5.89. The summed E-state index contributed by atoms with van der Waals surface area (Å²) in [6.45, 7) is 0.153. The van der Waals surface area contributed by atoms with Gasteiger partial charge in [-0.1, -0.05) is 48.5 Å². The van der Waals surface area contributed by atoms with Crippen LogP contribution in [0.3, 0.4) is 0 Å². The van der Waals surface area contributed by atoms with Crippen molar-refractivity contribution in [3.63, 3.8) is 0 Å². The van der Waals surface area contributed by atoms with E-state index in [-0.39, 0.29) is 13.0 Å². The van der Waals surface area contributed by atoms with Crippen LogP contribution < -0.4 is 5.73 Å². The van der Waals surface area contributed by atoms with Gasteiger partial charge in [0.25, 0.3) is 0 Å². The number of carboxylic acids is 1. The minimum Gasteiger partial charge on any atom is -0.480 e. The fourth-order valence-corrected chi connectivity index (χ4v) is 3.49. The van der Waals surface area contributed by atoms with E-state index in [9.17, 15) is 14.7 Å². The first-order valence-electron chi connectivity index (χ1n) is 8.07. The molecule has 0 spiro atoms. The van der Waals surface area contributed by atoms with Gasteiger partial charge in [-0.3, -0.25) is 4.90 Å². The van der Waals surface area contributed by atoms with E-state index >= 15 is 0 Å². The van der Waals surface area contributed by atoms with Crippen molar-refractivity contribution in [1.29, 1.82) is 0 Å². The third-order valence-corrected chi connectivity index (χ3v) is 4.53. The summed E-state index contributed by atoms with van der Waals surface area (Å²) < 4.78 is 4.92. The quantitative estimate of drug-likeness (QED) is 0.873. The Morgan fingerprint density at radius 3 is 2.08 bits per heavy atom. The highest BCUT2D eigenvalue weighted by molar-refractivity contribution is 5.85. The summed E-state index contributed by atoms with van der Waals surface area (Å²) in [6, 6.07) is 13.8. The molecule has 0 saturated carbocycles. The average molecular weight is 340 g/mol. The van der Waals surface area contributed by atoms with Gasteiger partial charge in [-0.05, 0) is 35.2 Å². The summed E-state index contributed by atoms with van der Waals surface area (Å²) in [5, 5.41) is 9.67. The van der Waals surface area contributed by atoms with Crippen molar-refractivity contribution in [3.05, 3.63) is 59.7 Å². The number of benzene rings is 2. The van der Waals surface area contributed by atoms with Crippen LogP contribution in [0.1, 0.15) is 23.6 Å². The topological polar surface area (TPSA) is 92.9 Å². The van der Waals surface area contributed by atoms with Crippen LogP contribution in [0.15, 0.2) is 48.5 Å². The van der Waals surface area contributed by atoms with Crippen LogP contribution >= 0.6 is 0 Å². The predicted molar refractivity (Wildman–Crippen MR) is 93.1 cm³/mol. The molecule has 0 unspecified atom stereocenters. The Morgan fingerprint density at radius 1 is 1.12 bits per heavy atom. The van der Waals surface area contributed by atoms with Crippen molar-refractivity contribution in [3.8, 4) is 11.1 Å². The minimum atomic E-state index is -1.10. The molecule has 0 radical (unpaired) electrons. The summed E-state index contributed by atoms with van der Waals surface area (Å²) in [6.07, 6.45) is -0.539. The van der Waals surface area contributed by atoms with E-state index in [2.05, 4.69) is 0 Å². The molecular weight excluding hydrogens is 320 g/mol. The van der Waals surface area contributed by atoms with Crippen molar-refractivity contribution >= 4 is 12.1 Å². The lowest BCUT2D eigenvalue weighted by Crippen LogP contribution is -2.48. The van der Waals surface area contributed by atoms with Crippen molar-refractivity contribution < 1.29 is 19.4 Å². The molecule has 3 rings (SSSR count). The largest absolute Gasteiger partial charge is 0.480 e. The zero-order valence-corrected chi connectivity index (χ0v) is 13.9. The number of methoxy groups -OCH3 is 1. The van der Waals surface area contributed by atoms with E-state index in [1.54, 1.807) is 0 Å². The maximum Gasteiger partial charge on any atom is 0.411 e. The molecule has 3 N–H and O–H groups in total. The van der Waals surface area contributed by atoms with Gasteiger partial charge >= 0.3 is 12.1 Å². The van der Waals surface area contributed by atoms with Gasteiger partial charge in [0, 0.05) is 0 Å². The monoisotopic (exact) mass is 340 g/mol. The van der Waals surface area contributed by atoms with Crippen LogP contribution in [0.2, 0.25) is 0 Å². The van der Waals surface area contributed by atoms with Crippen molar-refractivity contribution in [2.45, 2.75) is 18.5 Å². The fourth-order valence-electron chi connectivity index (χ4n) is 3.49. The number of amides is 1. The highest BCUT2D eigenvalue weighted by atomic mass is 16.5. The Labute approximate surface area is 145 Å². The summed E-state index contributed by atoms with van der Waals surface area (Å²) in [5.74, 6) is -1.10. The summed E-state index contributed by atoms with van der Waals surface area (Å²) >= 11 is 0. The smallest absolute Gasteiger partial charge is 0.411 e. The van der Waals surface area contributed by atoms with Crippen molar-refractivity contribution in [2.75, 3.05) is 13.7 Å².